The molecule has 7 atom stereocenters. The molecule has 3 aliphatic carbocycles. The van der Waals surface area contributed by atoms with Gasteiger partial charge in [-0.2, -0.15) is 5.06 Å². The summed E-state index contributed by atoms with van der Waals surface area (Å²) in [6.45, 7) is 4.25. The third-order valence-corrected chi connectivity index (χ3v) is 9.10. The van der Waals surface area contributed by atoms with Crippen molar-refractivity contribution < 1.29 is 50.2 Å². The molecule has 0 radical (unpaired) electrons. The SMILES string of the molecule is CCC1CCCCN1O.CN(C)[C@@H]1C(O)=C(C(N)=O)C(=O)[C@@]2(O)C(O)=C3C(=O)c4c(O)cccc4[C@@](C)(O)[C@H]3[C@H](O)[C@@H]12.Cl. The van der Waals surface area contributed by atoms with E-state index in [1.807, 2.05) is 0 Å². The molecule has 0 aromatic heterocycles. The molecule has 43 heavy (non-hydrogen) atoms. The summed E-state index contributed by atoms with van der Waals surface area (Å²) in [7, 11) is 2.85. The number of carbonyl (C=O) groups excluding carboxylic acids is 3. The summed E-state index contributed by atoms with van der Waals surface area (Å²) in [6.07, 6.45) is 2.83. The Hall–Kier alpha value is -3.04. The number of carbonyl (C=O) groups is 3. The second kappa shape index (κ2) is 12.2. The molecule has 1 amide bonds. The third-order valence-electron chi connectivity index (χ3n) is 9.10. The molecule has 238 valence electrons. The van der Waals surface area contributed by atoms with E-state index in [2.05, 4.69) is 6.92 Å². The first-order chi connectivity index (χ1) is 19.5. The average Bonchev–Trinajstić information content (AvgIpc) is 2.91. The number of Topliss-reactive ketones (excluding diaryl/α,β-unsaturated/α-hetero) is 2. The molecule has 0 saturated carbocycles. The van der Waals surface area contributed by atoms with E-state index in [1.54, 1.807) is 0 Å². The van der Waals surface area contributed by atoms with Gasteiger partial charge in [0.1, 0.15) is 22.8 Å². The van der Waals surface area contributed by atoms with Crippen molar-refractivity contribution in [2.45, 2.75) is 68.9 Å². The smallest absolute Gasteiger partial charge is 0.255 e. The molecule has 1 heterocycles. The number of phenolic OH excluding ortho intramolecular Hbond substituents is 1. The normalized spacial score (nSPS) is 34.0. The number of rotatable bonds is 3. The van der Waals surface area contributed by atoms with E-state index >= 15 is 0 Å². The number of primary amides is 1. The first kappa shape index (κ1) is 34.5. The molecule has 1 aromatic carbocycles. The fourth-order valence-corrected chi connectivity index (χ4v) is 7.00. The van der Waals surface area contributed by atoms with E-state index in [4.69, 9.17) is 5.73 Å². The van der Waals surface area contributed by atoms with Crippen LogP contribution in [0.1, 0.15) is 55.5 Å². The molecular weight excluding hydrogens is 586 g/mol. The lowest BCUT2D eigenvalue weighted by Gasteiger charge is -2.55. The van der Waals surface area contributed by atoms with Crippen molar-refractivity contribution in [1.82, 2.24) is 9.96 Å². The van der Waals surface area contributed by atoms with Crippen LogP contribution in [-0.4, -0.2) is 108 Å². The Balaban J connectivity index is 0.000000435. The number of hydrogen-bond acceptors (Lipinski definition) is 12. The second-order valence-electron chi connectivity index (χ2n) is 11.8. The van der Waals surface area contributed by atoms with Crippen LogP contribution in [0.15, 0.2) is 40.9 Å². The third kappa shape index (κ3) is 5.12. The van der Waals surface area contributed by atoms with E-state index in [0.717, 1.165) is 19.4 Å². The maximum absolute atomic E-state index is 13.3. The van der Waals surface area contributed by atoms with Gasteiger partial charge in [-0.3, -0.25) is 19.3 Å². The highest BCUT2D eigenvalue weighted by atomic mass is 35.5. The number of hydrogen-bond donors (Lipinski definition) is 8. The minimum atomic E-state index is -3.02. The van der Waals surface area contributed by atoms with Gasteiger partial charge in [0.25, 0.3) is 5.91 Å². The minimum absolute atomic E-state index is 0. The van der Waals surface area contributed by atoms with Crippen LogP contribution in [0.5, 0.6) is 5.75 Å². The number of likely N-dealkylation sites (N-methyl/N-ethyl adjacent to an activating group) is 1. The monoisotopic (exact) mass is 625 g/mol. The Morgan fingerprint density at radius 3 is 2.28 bits per heavy atom. The summed E-state index contributed by atoms with van der Waals surface area (Å²) < 4.78 is 0. The quantitative estimate of drug-likeness (QED) is 0.218. The molecule has 1 fully saturated rings. The fraction of sp³-hybridized carbons (Fsp3) is 0.552. The van der Waals surface area contributed by atoms with Gasteiger partial charge in [0.05, 0.1) is 40.7 Å². The Labute approximate surface area is 254 Å². The zero-order chi connectivity index (χ0) is 31.5. The summed E-state index contributed by atoms with van der Waals surface area (Å²) >= 11 is 0. The van der Waals surface area contributed by atoms with Crippen molar-refractivity contribution in [2.24, 2.45) is 17.6 Å². The maximum atomic E-state index is 13.3. The van der Waals surface area contributed by atoms with Crippen molar-refractivity contribution in [2.75, 3.05) is 20.6 Å². The zero-order valence-corrected chi connectivity index (χ0v) is 25.2. The van der Waals surface area contributed by atoms with Crippen LogP contribution in [0.3, 0.4) is 0 Å². The van der Waals surface area contributed by atoms with Crippen molar-refractivity contribution >= 4 is 29.9 Å². The number of phenols is 1. The highest BCUT2D eigenvalue weighted by molar-refractivity contribution is 6.25. The van der Waals surface area contributed by atoms with Crippen LogP contribution in [0.2, 0.25) is 0 Å². The van der Waals surface area contributed by atoms with Crippen molar-refractivity contribution in [3.63, 3.8) is 0 Å². The first-order valence-corrected chi connectivity index (χ1v) is 13.9. The number of piperidine rings is 1. The zero-order valence-electron chi connectivity index (χ0n) is 24.4. The number of nitrogens with two attached hydrogens (primary N) is 1. The van der Waals surface area contributed by atoms with E-state index in [0.29, 0.717) is 6.04 Å². The summed E-state index contributed by atoms with van der Waals surface area (Å²) in [5, 5.41) is 77.2. The van der Waals surface area contributed by atoms with Gasteiger partial charge in [-0.25, -0.2) is 0 Å². The molecule has 4 aliphatic rings. The summed E-state index contributed by atoms with van der Waals surface area (Å²) in [6, 6.07) is 2.98. The number of benzene rings is 1. The standard InChI is InChI=1S/C22H24N2O9.C7H15NO.ClH/c1-21(32)7-5-4-6-8(25)9(7)15(26)10-12(21)17(28)13-14(24(2)3)16(27)11(20(23)31)19(30)22(13,33)18(10)29;1-2-7-5-3-4-6-8(7)9;/h4-6,12-14,17,25,27-29,32-33H,1-3H3,(H2,23,31);7,9H,2-6H2,1H3;1H/t12-,13-,14+,17+,21-,22+;;/m1../s1. The molecular formula is C29H40ClN3O10. The number of fused-ring (bicyclic) bond motifs is 3. The molecule has 1 saturated heterocycles. The lowest BCUT2D eigenvalue weighted by molar-refractivity contribution is -0.173. The van der Waals surface area contributed by atoms with E-state index in [1.165, 1.54) is 62.0 Å². The Morgan fingerprint density at radius 1 is 1.14 bits per heavy atom. The van der Waals surface area contributed by atoms with Crippen LogP contribution in [0, 0.1) is 11.8 Å². The predicted molar refractivity (Wildman–Crippen MR) is 155 cm³/mol. The summed E-state index contributed by atoms with van der Waals surface area (Å²) in [5.74, 6) is -9.66. The van der Waals surface area contributed by atoms with E-state index in [9.17, 15) is 50.2 Å². The van der Waals surface area contributed by atoms with E-state index in [-0.39, 0.29) is 23.5 Å². The molecule has 5 rings (SSSR count). The average molecular weight is 626 g/mol. The van der Waals surface area contributed by atoms with Crippen molar-refractivity contribution in [3.8, 4) is 5.75 Å². The van der Waals surface area contributed by atoms with Crippen LogP contribution in [-0.2, 0) is 15.2 Å². The van der Waals surface area contributed by atoms with Gasteiger partial charge in [0.2, 0.25) is 5.78 Å². The molecule has 14 heteroatoms. The van der Waals surface area contributed by atoms with Gasteiger partial charge in [-0.05, 0) is 51.9 Å². The molecule has 0 bridgehead atoms. The lowest BCUT2D eigenvalue weighted by Crippen LogP contribution is -2.70. The van der Waals surface area contributed by atoms with Crippen LogP contribution >= 0.6 is 12.4 Å². The van der Waals surface area contributed by atoms with Crippen LogP contribution in [0.4, 0.5) is 0 Å². The van der Waals surface area contributed by atoms with Crippen molar-refractivity contribution in [1.29, 1.82) is 0 Å². The number of aliphatic hydroxyl groups is 5. The molecule has 0 spiro atoms. The maximum Gasteiger partial charge on any atom is 0.255 e. The molecule has 13 nitrogen and oxygen atoms in total. The largest absolute Gasteiger partial charge is 0.510 e. The number of halogens is 1. The number of amides is 1. The highest BCUT2D eigenvalue weighted by Crippen LogP contribution is 2.56. The van der Waals surface area contributed by atoms with Gasteiger partial charge < -0.3 is 41.6 Å². The molecule has 1 aromatic rings. The minimum Gasteiger partial charge on any atom is -0.510 e. The number of hydroxylamine groups is 2. The Bertz CT molecular complexity index is 1380. The first-order valence-electron chi connectivity index (χ1n) is 13.9. The van der Waals surface area contributed by atoms with Gasteiger partial charge in [-0.1, -0.05) is 25.5 Å². The second-order valence-corrected chi connectivity index (χ2v) is 11.8. The fourth-order valence-electron chi connectivity index (χ4n) is 7.00. The highest BCUT2D eigenvalue weighted by Gasteiger charge is 2.69. The number of ketones is 2. The van der Waals surface area contributed by atoms with Crippen molar-refractivity contribution in [3.05, 3.63) is 52.0 Å². The number of aromatic hydroxyl groups is 1. The molecule has 1 aliphatic heterocycles. The van der Waals surface area contributed by atoms with Crippen LogP contribution < -0.4 is 5.73 Å². The summed E-state index contributed by atoms with van der Waals surface area (Å²) in [4.78, 5) is 39.8. The van der Waals surface area contributed by atoms with Gasteiger partial charge in [0, 0.05) is 12.6 Å². The van der Waals surface area contributed by atoms with Gasteiger partial charge in [0.15, 0.2) is 11.4 Å². The lowest BCUT2D eigenvalue weighted by atomic mass is 9.54. The Morgan fingerprint density at radius 2 is 1.77 bits per heavy atom. The van der Waals surface area contributed by atoms with Gasteiger partial charge in [-0.15, -0.1) is 12.4 Å². The topological polar surface area (TPSA) is 225 Å². The number of nitrogens with zero attached hydrogens (tertiary/aromatic N) is 2. The molecule has 1 unspecified atom stereocenters. The van der Waals surface area contributed by atoms with Gasteiger partial charge >= 0.3 is 0 Å². The van der Waals surface area contributed by atoms with E-state index < -0.39 is 81.1 Å². The number of aliphatic hydroxyl groups excluding tert-OH is 3. The summed E-state index contributed by atoms with van der Waals surface area (Å²) in [5.41, 5.74) is -1.88. The predicted octanol–water partition coefficient (Wildman–Crippen LogP) is 0.818. The Kier molecular flexibility index (Phi) is 9.74. The van der Waals surface area contributed by atoms with Crippen LogP contribution in [0.25, 0.3) is 0 Å². The molecule has 9 N–H and O–H groups in total.